The van der Waals surface area contributed by atoms with E-state index in [1.54, 1.807) is 37.5 Å². The first-order chi connectivity index (χ1) is 13.1. The molecular weight excluding hydrogens is 338 g/mol. The molecule has 0 aliphatic rings. The molecule has 0 atom stereocenters. The molecular formula is C23H21NO3. The van der Waals surface area contributed by atoms with Crippen LogP contribution in [0.3, 0.4) is 0 Å². The summed E-state index contributed by atoms with van der Waals surface area (Å²) in [5.41, 5.74) is 2.25. The van der Waals surface area contributed by atoms with Gasteiger partial charge < -0.3 is 14.8 Å². The van der Waals surface area contributed by atoms with Gasteiger partial charge in [0.05, 0.1) is 7.11 Å². The van der Waals surface area contributed by atoms with Gasteiger partial charge in [0.1, 0.15) is 17.2 Å². The molecule has 0 amide bonds. The van der Waals surface area contributed by atoms with E-state index in [9.17, 15) is 4.79 Å². The minimum Gasteiger partial charge on any atom is -0.497 e. The van der Waals surface area contributed by atoms with E-state index in [4.69, 9.17) is 9.47 Å². The Morgan fingerprint density at radius 1 is 0.815 bits per heavy atom. The van der Waals surface area contributed by atoms with E-state index in [2.05, 4.69) is 5.32 Å². The summed E-state index contributed by atoms with van der Waals surface area (Å²) >= 11 is 0. The molecule has 3 rings (SSSR count). The number of anilines is 1. The molecule has 0 fully saturated rings. The first kappa shape index (κ1) is 18.3. The minimum absolute atomic E-state index is 0.0633. The standard InChI is InChI=1S/C23H21NO3/c1-17(16-23(25)18-8-12-20(26-2)13-9-18)24-19-10-14-22(15-11-19)27-21-6-4-3-5-7-21/h3-16,24H,1-2H3. The molecule has 0 aromatic heterocycles. The average molecular weight is 359 g/mol. The number of benzene rings is 3. The summed E-state index contributed by atoms with van der Waals surface area (Å²) in [6, 6.07) is 24.3. The third kappa shape index (κ3) is 5.22. The fourth-order valence-electron chi connectivity index (χ4n) is 2.53. The van der Waals surface area contributed by atoms with Crippen LogP contribution in [-0.2, 0) is 0 Å². The summed E-state index contributed by atoms with van der Waals surface area (Å²) in [5, 5.41) is 3.22. The molecule has 0 spiro atoms. The van der Waals surface area contributed by atoms with Crippen LogP contribution in [0.2, 0.25) is 0 Å². The summed E-state index contributed by atoms with van der Waals surface area (Å²) in [5.74, 6) is 2.21. The number of ketones is 1. The maximum atomic E-state index is 12.3. The molecule has 0 aliphatic carbocycles. The van der Waals surface area contributed by atoms with Gasteiger partial charge >= 0.3 is 0 Å². The highest BCUT2D eigenvalue weighted by molar-refractivity contribution is 6.05. The molecule has 0 aliphatic heterocycles. The van der Waals surface area contributed by atoms with Crippen molar-refractivity contribution in [2.24, 2.45) is 0 Å². The third-order valence-corrected chi connectivity index (χ3v) is 3.90. The van der Waals surface area contributed by atoms with Crippen molar-refractivity contribution in [3.8, 4) is 17.2 Å². The molecule has 0 unspecified atom stereocenters. The minimum atomic E-state index is -0.0633. The van der Waals surface area contributed by atoms with Crippen molar-refractivity contribution >= 4 is 11.5 Å². The fourth-order valence-corrected chi connectivity index (χ4v) is 2.53. The van der Waals surface area contributed by atoms with Gasteiger partial charge in [-0.15, -0.1) is 0 Å². The Morgan fingerprint density at radius 3 is 2.04 bits per heavy atom. The Kier molecular flexibility index (Phi) is 5.90. The maximum Gasteiger partial charge on any atom is 0.187 e. The van der Waals surface area contributed by atoms with Crippen LogP contribution < -0.4 is 14.8 Å². The summed E-state index contributed by atoms with van der Waals surface area (Å²) < 4.78 is 10.9. The fraction of sp³-hybridized carbons (Fsp3) is 0.0870. The molecule has 3 aromatic carbocycles. The van der Waals surface area contributed by atoms with Crippen LogP contribution in [-0.4, -0.2) is 12.9 Å². The lowest BCUT2D eigenvalue weighted by atomic mass is 10.1. The number of para-hydroxylation sites is 1. The molecule has 0 saturated heterocycles. The van der Waals surface area contributed by atoms with Crippen molar-refractivity contribution in [1.29, 1.82) is 0 Å². The van der Waals surface area contributed by atoms with E-state index < -0.39 is 0 Å². The predicted octanol–water partition coefficient (Wildman–Crippen LogP) is 5.69. The van der Waals surface area contributed by atoms with Crippen molar-refractivity contribution in [1.82, 2.24) is 0 Å². The van der Waals surface area contributed by atoms with Gasteiger partial charge in [-0.3, -0.25) is 4.79 Å². The zero-order valence-electron chi connectivity index (χ0n) is 15.3. The van der Waals surface area contributed by atoms with Gasteiger partial charge in [0.25, 0.3) is 0 Å². The van der Waals surface area contributed by atoms with E-state index in [-0.39, 0.29) is 5.78 Å². The maximum absolute atomic E-state index is 12.3. The number of ether oxygens (including phenoxy) is 2. The molecule has 0 heterocycles. The second kappa shape index (κ2) is 8.72. The first-order valence-electron chi connectivity index (χ1n) is 8.61. The number of rotatable bonds is 7. The summed E-state index contributed by atoms with van der Waals surface area (Å²) in [6.07, 6.45) is 1.58. The van der Waals surface area contributed by atoms with E-state index in [0.717, 1.165) is 28.6 Å². The first-order valence-corrected chi connectivity index (χ1v) is 8.61. The number of hydrogen-bond donors (Lipinski definition) is 1. The topological polar surface area (TPSA) is 47.6 Å². The number of allylic oxidation sites excluding steroid dienone is 2. The van der Waals surface area contributed by atoms with Gasteiger partial charge in [-0.1, -0.05) is 18.2 Å². The lowest BCUT2D eigenvalue weighted by Crippen LogP contribution is -2.01. The number of carbonyl (C=O) groups excluding carboxylic acids is 1. The van der Waals surface area contributed by atoms with E-state index in [0.29, 0.717) is 5.56 Å². The number of carbonyl (C=O) groups is 1. The second-order valence-electron chi connectivity index (χ2n) is 5.98. The van der Waals surface area contributed by atoms with Gasteiger partial charge in [-0.25, -0.2) is 0 Å². The van der Waals surface area contributed by atoms with Crippen LogP contribution in [0.5, 0.6) is 17.2 Å². The smallest absolute Gasteiger partial charge is 0.187 e. The number of nitrogens with one attached hydrogen (secondary N) is 1. The lowest BCUT2D eigenvalue weighted by molar-refractivity contribution is 0.104. The number of methoxy groups -OCH3 is 1. The summed E-state index contributed by atoms with van der Waals surface area (Å²) in [4.78, 5) is 12.3. The van der Waals surface area contributed by atoms with Crippen LogP contribution in [0.25, 0.3) is 0 Å². The Morgan fingerprint density at radius 2 is 1.41 bits per heavy atom. The quantitative estimate of drug-likeness (QED) is 0.435. The number of hydrogen-bond acceptors (Lipinski definition) is 4. The average Bonchev–Trinajstić information content (AvgIpc) is 2.70. The van der Waals surface area contributed by atoms with Gasteiger partial charge in [0, 0.05) is 23.0 Å². The van der Waals surface area contributed by atoms with Crippen molar-refractivity contribution in [3.63, 3.8) is 0 Å². The third-order valence-electron chi connectivity index (χ3n) is 3.90. The molecule has 0 saturated carbocycles. The Hall–Kier alpha value is -3.53. The van der Waals surface area contributed by atoms with Crippen LogP contribution in [0.1, 0.15) is 17.3 Å². The molecule has 4 nitrogen and oxygen atoms in total. The summed E-state index contributed by atoms with van der Waals surface area (Å²) in [7, 11) is 1.60. The molecule has 4 heteroatoms. The lowest BCUT2D eigenvalue weighted by Gasteiger charge is -2.09. The predicted molar refractivity (Wildman–Crippen MR) is 108 cm³/mol. The Balaban J connectivity index is 1.61. The van der Waals surface area contributed by atoms with Crippen molar-refractivity contribution in [3.05, 3.63) is 96.2 Å². The van der Waals surface area contributed by atoms with E-state index >= 15 is 0 Å². The van der Waals surface area contributed by atoms with Crippen molar-refractivity contribution < 1.29 is 14.3 Å². The SMILES string of the molecule is COc1ccc(C(=O)C=C(C)Nc2ccc(Oc3ccccc3)cc2)cc1. The van der Waals surface area contributed by atoms with E-state index in [1.807, 2.05) is 61.5 Å². The van der Waals surface area contributed by atoms with Gasteiger partial charge in [-0.2, -0.15) is 0 Å². The van der Waals surface area contributed by atoms with E-state index in [1.165, 1.54) is 0 Å². The highest BCUT2D eigenvalue weighted by atomic mass is 16.5. The molecule has 3 aromatic rings. The normalized spacial score (nSPS) is 11.0. The van der Waals surface area contributed by atoms with Crippen LogP contribution >= 0.6 is 0 Å². The Bertz CT molecular complexity index is 914. The van der Waals surface area contributed by atoms with Gasteiger partial charge in [0.15, 0.2) is 5.78 Å². The van der Waals surface area contributed by atoms with Crippen LogP contribution in [0.4, 0.5) is 5.69 Å². The molecule has 1 N–H and O–H groups in total. The van der Waals surface area contributed by atoms with Crippen molar-refractivity contribution in [2.45, 2.75) is 6.92 Å². The Labute approximate surface area is 159 Å². The monoisotopic (exact) mass is 359 g/mol. The van der Waals surface area contributed by atoms with Gasteiger partial charge in [0.2, 0.25) is 0 Å². The second-order valence-corrected chi connectivity index (χ2v) is 5.98. The van der Waals surface area contributed by atoms with Gasteiger partial charge in [-0.05, 0) is 67.6 Å². The van der Waals surface area contributed by atoms with Crippen molar-refractivity contribution in [2.75, 3.05) is 12.4 Å². The molecule has 136 valence electrons. The highest BCUT2D eigenvalue weighted by Gasteiger charge is 2.04. The van der Waals surface area contributed by atoms with Crippen LogP contribution in [0, 0.1) is 0 Å². The zero-order valence-corrected chi connectivity index (χ0v) is 15.3. The largest absolute Gasteiger partial charge is 0.497 e. The molecule has 0 bridgehead atoms. The molecule has 0 radical (unpaired) electrons. The zero-order chi connectivity index (χ0) is 19.1. The summed E-state index contributed by atoms with van der Waals surface area (Å²) in [6.45, 7) is 1.86. The highest BCUT2D eigenvalue weighted by Crippen LogP contribution is 2.23. The van der Waals surface area contributed by atoms with Crippen LogP contribution in [0.15, 0.2) is 90.6 Å². The molecule has 27 heavy (non-hydrogen) atoms.